The van der Waals surface area contributed by atoms with Crippen molar-refractivity contribution in [1.82, 2.24) is 20.4 Å². The first kappa shape index (κ1) is 21.0. The van der Waals surface area contributed by atoms with Crippen molar-refractivity contribution in [2.24, 2.45) is 16.8 Å². The summed E-state index contributed by atoms with van der Waals surface area (Å²) in [6, 6.07) is 1.55. The fourth-order valence-corrected chi connectivity index (χ4v) is 4.45. The van der Waals surface area contributed by atoms with Crippen molar-refractivity contribution < 1.29 is 4.79 Å². The molecule has 0 aliphatic heterocycles. The van der Waals surface area contributed by atoms with Gasteiger partial charge in [0.2, 0.25) is 5.91 Å². The van der Waals surface area contributed by atoms with Crippen LogP contribution in [0, 0.1) is 11.8 Å². The van der Waals surface area contributed by atoms with E-state index in [0.717, 1.165) is 30.9 Å². The van der Waals surface area contributed by atoms with Gasteiger partial charge in [-0.25, -0.2) is 4.99 Å². The van der Waals surface area contributed by atoms with E-state index in [-0.39, 0.29) is 12.5 Å². The largest absolute Gasteiger partial charge is 0.355 e. The van der Waals surface area contributed by atoms with Crippen molar-refractivity contribution in [3.8, 4) is 0 Å². The summed E-state index contributed by atoms with van der Waals surface area (Å²) in [5, 5.41) is 7.09. The molecular weight excluding hydrogens is 326 g/mol. The van der Waals surface area contributed by atoms with Crippen LogP contribution in [0.2, 0.25) is 0 Å². The zero-order valence-corrected chi connectivity index (χ0v) is 17.6. The third kappa shape index (κ3) is 5.86. The highest BCUT2D eigenvalue weighted by Crippen LogP contribution is 2.44. The number of guanidine groups is 1. The Kier molecular flexibility index (Phi) is 7.74. The molecule has 3 unspecified atom stereocenters. The number of nitrogens with zero attached hydrogens (tertiary/aromatic N) is 3. The maximum absolute atomic E-state index is 11.9. The standard InChI is InChI=1S/C20H39N5O/c1-14(2)25(15(3)4)10-9-21-20(22-13-19(26)24(5)6)23-18-12-16-7-8-17(18)11-16/h14-18H,7-13H2,1-6H3,(H2,21,22,23). The second-order valence-electron chi connectivity index (χ2n) is 8.73. The summed E-state index contributed by atoms with van der Waals surface area (Å²) in [6.45, 7) is 10.9. The minimum Gasteiger partial charge on any atom is -0.355 e. The minimum absolute atomic E-state index is 0.0324. The normalized spacial score (nSPS) is 25.4. The Morgan fingerprint density at radius 3 is 2.31 bits per heavy atom. The van der Waals surface area contributed by atoms with Crippen LogP contribution in [-0.4, -0.2) is 73.5 Å². The third-order valence-corrected chi connectivity index (χ3v) is 5.92. The van der Waals surface area contributed by atoms with E-state index in [1.165, 1.54) is 25.7 Å². The first-order valence-electron chi connectivity index (χ1n) is 10.3. The predicted octanol–water partition coefficient (Wildman–Crippen LogP) is 1.92. The summed E-state index contributed by atoms with van der Waals surface area (Å²) in [4.78, 5) is 20.6. The van der Waals surface area contributed by atoms with Crippen molar-refractivity contribution in [2.45, 2.75) is 71.5 Å². The molecule has 6 heteroatoms. The maximum Gasteiger partial charge on any atom is 0.243 e. The molecule has 2 bridgehead atoms. The zero-order chi connectivity index (χ0) is 19.3. The zero-order valence-electron chi connectivity index (χ0n) is 17.6. The lowest BCUT2D eigenvalue weighted by molar-refractivity contribution is -0.127. The van der Waals surface area contributed by atoms with Crippen LogP contribution in [0.5, 0.6) is 0 Å². The molecule has 2 aliphatic carbocycles. The molecular formula is C20H39N5O. The van der Waals surface area contributed by atoms with Crippen molar-refractivity contribution in [1.29, 1.82) is 0 Å². The number of nitrogens with one attached hydrogen (secondary N) is 2. The van der Waals surface area contributed by atoms with Gasteiger partial charge in [0, 0.05) is 45.3 Å². The van der Waals surface area contributed by atoms with Gasteiger partial charge in [0.05, 0.1) is 0 Å². The Balaban J connectivity index is 1.91. The Labute approximate surface area is 159 Å². The highest BCUT2D eigenvalue weighted by molar-refractivity contribution is 5.85. The van der Waals surface area contributed by atoms with Gasteiger partial charge in [-0.3, -0.25) is 9.69 Å². The van der Waals surface area contributed by atoms with Gasteiger partial charge in [0.15, 0.2) is 5.96 Å². The first-order chi connectivity index (χ1) is 12.3. The number of rotatable bonds is 8. The molecule has 0 spiro atoms. The van der Waals surface area contributed by atoms with Gasteiger partial charge in [-0.2, -0.15) is 0 Å². The number of carbonyl (C=O) groups is 1. The van der Waals surface area contributed by atoms with Crippen LogP contribution in [0.4, 0.5) is 0 Å². The fraction of sp³-hybridized carbons (Fsp3) is 0.900. The molecule has 2 rings (SSSR count). The lowest BCUT2D eigenvalue weighted by Gasteiger charge is -2.31. The highest BCUT2D eigenvalue weighted by atomic mass is 16.2. The van der Waals surface area contributed by atoms with Crippen molar-refractivity contribution in [2.75, 3.05) is 33.7 Å². The Hall–Kier alpha value is -1.30. The van der Waals surface area contributed by atoms with Crippen molar-refractivity contribution >= 4 is 11.9 Å². The minimum atomic E-state index is 0.0324. The van der Waals surface area contributed by atoms with Gasteiger partial charge < -0.3 is 15.5 Å². The lowest BCUT2D eigenvalue weighted by atomic mass is 9.95. The highest BCUT2D eigenvalue weighted by Gasteiger charge is 2.39. The van der Waals surface area contributed by atoms with Gasteiger partial charge in [-0.1, -0.05) is 6.42 Å². The third-order valence-electron chi connectivity index (χ3n) is 5.92. The van der Waals surface area contributed by atoms with E-state index in [1.54, 1.807) is 19.0 Å². The number of amides is 1. The molecule has 0 saturated heterocycles. The summed E-state index contributed by atoms with van der Waals surface area (Å²) in [6.07, 6.45) is 5.33. The second kappa shape index (κ2) is 9.58. The van der Waals surface area contributed by atoms with Gasteiger partial charge in [0.1, 0.15) is 6.54 Å². The maximum atomic E-state index is 11.9. The molecule has 0 aromatic carbocycles. The van der Waals surface area contributed by atoms with Gasteiger partial charge in [-0.05, 0) is 58.8 Å². The Morgan fingerprint density at radius 2 is 1.81 bits per heavy atom. The molecule has 150 valence electrons. The molecule has 0 heterocycles. The van der Waals surface area contributed by atoms with Gasteiger partial charge in [-0.15, -0.1) is 0 Å². The van der Waals surface area contributed by atoms with Gasteiger partial charge in [0.25, 0.3) is 0 Å². The lowest BCUT2D eigenvalue weighted by Crippen LogP contribution is -2.49. The van der Waals surface area contributed by atoms with Crippen LogP contribution in [0.3, 0.4) is 0 Å². The molecule has 26 heavy (non-hydrogen) atoms. The van der Waals surface area contributed by atoms with E-state index >= 15 is 0 Å². The Bertz CT molecular complexity index is 481. The number of hydrogen-bond acceptors (Lipinski definition) is 3. The Morgan fingerprint density at radius 1 is 1.12 bits per heavy atom. The summed E-state index contributed by atoms with van der Waals surface area (Å²) < 4.78 is 0. The number of aliphatic imine (C=N–C) groups is 1. The number of likely N-dealkylation sites (N-methyl/N-ethyl adjacent to an activating group) is 1. The summed E-state index contributed by atoms with van der Waals surface area (Å²) in [5.41, 5.74) is 0. The quantitative estimate of drug-likeness (QED) is 0.510. The second-order valence-corrected chi connectivity index (χ2v) is 8.73. The monoisotopic (exact) mass is 365 g/mol. The molecule has 2 saturated carbocycles. The number of carbonyl (C=O) groups excluding carboxylic acids is 1. The van der Waals surface area contributed by atoms with E-state index in [2.05, 4.69) is 48.2 Å². The molecule has 2 aliphatic rings. The summed E-state index contributed by atoms with van der Waals surface area (Å²) >= 11 is 0. The van der Waals surface area contributed by atoms with Crippen molar-refractivity contribution in [3.05, 3.63) is 0 Å². The summed E-state index contributed by atoms with van der Waals surface area (Å²) in [7, 11) is 3.55. The van der Waals surface area contributed by atoms with E-state index < -0.39 is 0 Å². The smallest absolute Gasteiger partial charge is 0.243 e. The molecule has 0 aromatic rings. The summed E-state index contributed by atoms with van der Waals surface area (Å²) in [5.74, 6) is 2.49. The van der Waals surface area contributed by atoms with Crippen LogP contribution in [0.15, 0.2) is 4.99 Å². The molecule has 2 N–H and O–H groups in total. The van der Waals surface area contributed by atoms with Crippen LogP contribution in [-0.2, 0) is 4.79 Å². The van der Waals surface area contributed by atoms with Gasteiger partial charge >= 0.3 is 0 Å². The molecule has 3 atom stereocenters. The van der Waals surface area contributed by atoms with E-state index in [0.29, 0.717) is 18.1 Å². The van der Waals surface area contributed by atoms with Crippen LogP contribution in [0.1, 0.15) is 53.4 Å². The average molecular weight is 366 g/mol. The molecule has 1 amide bonds. The predicted molar refractivity (Wildman–Crippen MR) is 108 cm³/mol. The number of hydrogen-bond donors (Lipinski definition) is 2. The first-order valence-corrected chi connectivity index (χ1v) is 10.3. The topological polar surface area (TPSA) is 60.0 Å². The SMILES string of the molecule is CC(C)N(CCNC(=NCC(=O)N(C)C)NC1CC2CCC1C2)C(C)C. The van der Waals surface area contributed by atoms with Crippen molar-refractivity contribution in [3.63, 3.8) is 0 Å². The fourth-order valence-electron chi connectivity index (χ4n) is 4.45. The molecule has 2 fully saturated rings. The molecule has 6 nitrogen and oxygen atoms in total. The van der Waals surface area contributed by atoms with E-state index in [9.17, 15) is 4.79 Å². The molecule has 0 radical (unpaired) electrons. The van der Waals surface area contributed by atoms with E-state index in [1.807, 2.05) is 0 Å². The molecule has 0 aromatic heterocycles. The van der Waals surface area contributed by atoms with Crippen LogP contribution in [0.25, 0.3) is 0 Å². The van der Waals surface area contributed by atoms with Crippen LogP contribution >= 0.6 is 0 Å². The number of fused-ring (bicyclic) bond motifs is 2. The van der Waals surface area contributed by atoms with Crippen LogP contribution < -0.4 is 10.6 Å². The average Bonchev–Trinajstić information content (AvgIpc) is 3.17. The van der Waals surface area contributed by atoms with E-state index in [4.69, 9.17) is 0 Å².